The Bertz CT molecular complexity index is 1420. The quantitative estimate of drug-likeness (QED) is 0.455. The smallest absolute Gasteiger partial charge is 0.235 e. The van der Waals surface area contributed by atoms with Crippen LogP contribution in [0.1, 0.15) is 40.3 Å². The first-order chi connectivity index (χ1) is 16.0. The van der Waals surface area contributed by atoms with Crippen LogP contribution in [0.5, 0.6) is 0 Å². The van der Waals surface area contributed by atoms with E-state index in [2.05, 4.69) is 95.2 Å². The van der Waals surface area contributed by atoms with E-state index in [1.54, 1.807) is 0 Å². The van der Waals surface area contributed by atoms with Gasteiger partial charge in [-0.2, -0.15) is 5.10 Å². The lowest BCUT2D eigenvalue weighted by Gasteiger charge is -2.09. The molecule has 2 N–H and O–H groups in total. The van der Waals surface area contributed by atoms with Crippen LogP contribution in [0.15, 0.2) is 66.7 Å². The molecule has 1 aliphatic carbocycles. The van der Waals surface area contributed by atoms with Gasteiger partial charge in [0.15, 0.2) is 0 Å². The van der Waals surface area contributed by atoms with Crippen molar-refractivity contribution in [2.75, 3.05) is 19.4 Å². The molecule has 5 nitrogen and oxygen atoms in total. The number of benzene rings is 3. The second-order valence-corrected chi connectivity index (χ2v) is 9.46. The second-order valence-electron chi connectivity index (χ2n) is 9.46. The Morgan fingerprint density at radius 3 is 2.82 bits per heavy atom. The highest BCUT2D eigenvalue weighted by atomic mass is 16.2. The Hall–Kier alpha value is -3.70. The summed E-state index contributed by atoms with van der Waals surface area (Å²) < 4.78 is 0. The zero-order valence-corrected chi connectivity index (χ0v) is 18.8. The highest BCUT2D eigenvalue weighted by molar-refractivity contribution is 6.09. The van der Waals surface area contributed by atoms with E-state index in [0.29, 0.717) is 0 Å². The summed E-state index contributed by atoms with van der Waals surface area (Å²) in [7, 11) is 4.15. The van der Waals surface area contributed by atoms with Gasteiger partial charge in [0.2, 0.25) is 5.91 Å². The third-order valence-electron chi connectivity index (χ3n) is 6.92. The first-order valence-electron chi connectivity index (χ1n) is 11.4. The summed E-state index contributed by atoms with van der Waals surface area (Å²) in [6.45, 7) is 0.918. The number of hydrogen-bond acceptors (Lipinski definition) is 3. The first kappa shape index (κ1) is 19.9. The number of aromatic nitrogens is 2. The van der Waals surface area contributed by atoms with Crippen molar-refractivity contribution in [2.24, 2.45) is 0 Å². The molecule has 6 rings (SSSR count). The molecule has 1 spiro atoms. The number of hydrogen-bond donors (Lipinski definition) is 2. The molecule has 0 bridgehead atoms. The summed E-state index contributed by atoms with van der Waals surface area (Å²) in [6, 6.07) is 23.1. The maximum Gasteiger partial charge on any atom is 0.235 e. The van der Waals surface area contributed by atoms with Crippen LogP contribution >= 0.6 is 0 Å². The van der Waals surface area contributed by atoms with Crippen molar-refractivity contribution in [3.05, 3.63) is 94.7 Å². The van der Waals surface area contributed by atoms with Crippen molar-refractivity contribution in [2.45, 2.75) is 24.3 Å². The zero-order chi connectivity index (χ0) is 22.6. The number of carbonyl (C=O) groups excluding carboxylic acids is 1. The number of amides is 1. The van der Waals surface area contributed by atoms with Crippen molar-refractivity contribution >= 4 is 34.6 Å². The Labute approximate surface area is 193 Å². The lowest BCUT2D eigenvalue weighted by atomic mass is 9.92. The minimum atomic E-state index is -0.412. The van der Waals surface area contributed by atoms with Gasteiger partial charge in [-0.25, -0.2) is 0 Å². The molecular weight excluding hydrogens is 408 g/mol. The van der Waals surface area contributed by atoms with Gasteiger partial charge in [-0.15, -0.1) is 0 Å². The Kier molecular flexibility index (Phi) is 4.49. The minimum Gasteiger partial charge on any atom is -0.325 e. The maximum atomic E-state index is 12.8. The van der Waals surface area contributed by atoms with Crippen LogP contribution in [0.25, 0.3) is 23.1 Å². The molecule has 2 heterocycles. The van der Waals surface area contributed by atoms with Crippen molar-refractivity contribution in [1.29, 1.82) is 0 Å². The number of nitrogens with one attached hydrogen (secondary N) is 2. The predicted octanol–water partition coefficient (Wildman–Crippen LogP) is 5.17. The van der Waals surface area contributed by atoms with Gasteiger partial charge in [0.05, 0.1) is 16.6 Å². The van der Waals surface area contributed by atoms with Crippen LogP contribution < -0.4 is 5.32 Å². The average Bonchev–Trinajstić information content (AvgIpc) is 3.34. The summed E-state index contributed by atoms with van der Waals surface area (Å²) >= 11 is 0. The second kappa shape index (κ2) is 7.42. The fourth-order valence-electron chi connectivity index (χ4n) is 5.29. The number of carbonyl (C=O) groups is 1. The third kappa shape index (κ3) is 3.28. The molecule has 33 heavy (non-hydrogen) atoms. The summed E-state index contributed by atoms with van der Waals surface area (Å²) in [5.74, 6) is 0.325. The minimum absolute atomic E-state index is 0.124. The summed E-state index contributed by atoms with van der Waals surface area (Å²) in [5, 5.41) is 11.9. The van der Waals surface area contributed by atoms with E-state index in [4.69, 9.17) is 0 Å². The third-order valence-corrected chi connectivity index (χ3v) is 6.92. The van der Waals surface area contributed by atoms with Crippen molar-refractivity contribution < 1.29 is 4.79 Å². The number of aromatic amines is 1. The van der Waals surface area contributed by atoms with Crippen molar-refractivity contribution in [3.63, 3.8) is 0 Å². The maximum absolute atomic E-state index is 12.8. The molecule has 2 aliphatic rings. The normalized spacial score (nSPS) is 21.3. The number of anilines is 1. The molecule has 1 fully saturated rings. The van der Waals surface area contributed by atoms with Crippen molar-refractivity contribution in [3.8, 4) is 0 Å². The number of para-hydroxylation sites is 1. The van der Waals surface area contributed by atoms with E-state index < -0.39 is 5.41 Å². The van der Waals surface area contributed by atoms with E-state index in [9.17, 15) is 4.79 Å². The van der Waals surface area contributed by atoms with Gasteiger partial charge in [-0.3, -0.25) is 9.89 Å². The van der Waals surface area contributed by atoms with Crippen LogP contribution in [-0.2, 0) is 16.8 Å². The zero-order valence-electron chi connectivity index (χ0n) is 18.8. The van der Waals surface area contributed by atoms with Gasteiger partial charge in [-0.05, 0) is 61.0 Å². The van der Waals surface area contributed by atoms with Gasteiger partial charge in [0, 0.05) is 23.5 Å². The van der Waals surface area contributed by atoms with Crippen LogP contribution in [0.4, 0.5) is 5.69 Å². The molecule has 2 atom stereocenters. The molecular formula is C28H26N4O. The highest BCUT2D eigenvalue weighted by Crippen LogP contribution is 2.64. The van der Waals surface area contributed by atoms with E-state index in [1.807, 2.05) is 18.2 Å². The molecule has 5 heteroatoms. The van der Waals surface area contributed by atoms with E-state index >= 15 is 0 Å². The monoisotopic (exact) mass is 434 g/mol. The molecule has 0 saturated heterocycles. The summed E-state index contributed by atoms with van der Waals surface area (Å²) in [5.41, 5.74) is 7.23. The predicted molar refractivity (Wildman–Crippen MR) is 133 cm³/mol. The molecule has 3 aromatic carbocycles. The number of nitrogens with zero attached hydrogens (tertiary/aromatic N) is 2. The van der Waals surface area contributed by atoms with Gasteiger partial charge >= 0.3 is 0 Å². The summed E-state index contributed by atoms with van der Waals surface area (Å²) in [6.07, 6.45) is 5.02. The SMILES string of the molecule is CN(C)Cc1cccc(/C=C/c2n[nH]c3cc(C4C[C@@]45C(=O)Nc4ccccc45)ccc23)c1. The lowest BCUT2D eigenvalue weighted by Crippen LogP contribution is -2.20. The van der Waals surface area contributed by atoms with E-state index in [0.717, 1.165) is 46.4 Å². The van der Waals surface area contributed by atoms with Crippen LogP contribution in [0.3, 0.4) is 0 Å². The number of rotatable bonds is 5. The van der Waals surface area contributed by atoms with Crippen LogP contribution in [0.2, 0.25) is 0 Å². The Morgan fingerprint density at radius 1 is 1.06 bits per heavy atom. The number of H-pyrrole nitrogens is 1. The standard InChI is InChI=1S/C28H26N4O/c1-32(2)17-19-7-5-6-18(14-19)10-13-24-21-12-11-20(15-26(21)31-30-24)23-16-28(23)22-8-3-4-9-25(22)29-27(28)33/h3-15,23H,16-17H2,1-2H3,(H,29,33)(H,30,31)/b13-10+/t23?,28-/m0/s1. The van der Waals surface area contributed by atoms with Crippen LogP contribution in [0, 0.1) is 0 Å². The van der Waals surface area contributed by atoms with Gasteiger partial charge in [-0.1, -0.05) is 60.7 Å². The Morgan fingerprint density at radius 2 is 1.94 bits per heavy atom. The molecule has 1 aromatic heterocycles. The van der Waals surface area contributed by atoms with Gasteiger partial charge in [0.25, 0.3) is 0 Å². The molecule has 1 amide bonds. The van der Waals surface area contributed by atoms with Gasteiger partial charge < -0.3 is 10.2 Å². The van der Waals surface area contributed by atoms with Gasteiger partial charge in [0.1, 0.15) is 0 Å². The topological polar surface area (TPSA) is 61.0 Å². The fraction of sp³-hybridized carbons (Fsp3) is 0.214. The van der Waals surface area contributed by atoms with Crippen LogP contribution in [-0.4, -0.2) is 35.1 Å². The highest BCUT2D eigenvalue weighted by Gasteiger charge is 2.65. The number of fused-ring (bicyclic) bond motifs is 3. The molecule has 1 saturated carbocycles. The molecule has 4 aromatic rings. The van der Waals surface area contributed by atoms with E-state index in [-0.39, 0.29) is 11.8 Å². The molecule has 1 unspecified atom stereocenters. The summed E-state index contributed by atoms with van der Waals surface area (Å²) in [4.78, 5) is 15.0. The molecule has 1 aliphatic heterocycles. The largest absolute Gasteiger partial charge is 0.325 e. The Balaban J connectivity index is 1.26. The lowest BCUT2D eigenvalue weighted by molar-refractivity contribution is -0.118. The van der Waals surface area contributed by atoms with E-state index in [1.165, 1.54) is 11.1 Å². The first-order valence-corrected chi connectivity index (χ1v) is 11.4. The molecule has 0 radical (unpaired) electrons. The fourth-order valence-corrected chi connectivity index (χ4v) is 5.29. The van der Waals surface area contributed by atoms with Crippen molar-refractivity contribution in [1.82, 2.24) is 15.1 Å². The molecule has 164 valence electrons. The average molecular weight is 435 g/mol.